The molecule has 0 spiro atoms. The van der Waals surface area contributed by atoms with Gasteiger partial charge in [-0.05, 0) is 12.1 Å². The van der Waals surface area contributed by atoms with Crippen molar-refractivity contribution in [2.45, 2.75) is 6.92 Å². The van der Waals surface area contributed by atoms with Gasteiger partial charge in [-0.1, -0.05) is 30.3 Å². The third-order valence-electron chi connectivity index (χ3n) is 2.32. The Labute approximate surface area is 99.0 Å². The summed E-state index contributed by atoms with van der Waals surface area (Å²) in [6, 6.07) is 13.1. The third kappa shape index (κ3) is 2.64. The molecule has 0 fully saturated rings. The molecule has 2 aromatic rings. The molecule has 0 amide bonds. The Hall–Kier alpha value is -2.29. The lowest BCUT2D eigenvalue weighted by atomic mass is 10.2. The number of aliphatic hydroxyl groups excluding tert-OH is 1. The molecule has 3 nitrogen and oxygen atoms in total. The highest BCUT2D eigenvalue weighted by atomic mass is 16.3. The van der Waals surface area contributed by atoms with Crippen molar-refractivity contribution in [1.29, 1.82) is 0 Å². The Balaban J connectivity index is 2.29. The number of carbonyl (C=O) groups is 1. The van der Waals surface area contributed by atoms with Crippen molar-refractivity contribution in [3.05, 3.63) is 54.0 Å². The SMILES string of the molecule is CC(=O)/C(O)=C/c1ccc(-c2ccccc2)o1. The first-order chi connectivity index (χ1) is 8.16. The molecule has 2 rings (SSSR count). The molecule has 3 heteroatoms. The zero-order valence-corrected chi connectivity index (χ0v) is 9.38. The smallest absolute Gasteiger partial charge is 0.194 e. The summed E-state index contributed by atoms with van der Waals surface area (Å²) in [6.45, 7) is 1.30. The molecule has 0 saturated carbocycles. The maximum Gasteiger partial charge on any atom is 0.194 e. The van der Waals surface area contributed by atoms with Crippen LogP contribution in [0.25, 0.3) is 17.4 Å². The average Bonchev–Trinajstić information content (AvgIpc) is 2.78. The first kappa shape index (κ1) is 11.2. The van der Waals surface area contributed by atoms with Crippen LogP contribution >= 0.6 is 0 Å². The number of ketones is 1. The van der Waals surface area contributed by atoms with Gasteiger partial charge in [0.15, 0.2) is 11.5 Å². The van der Waals surface area contributed by atoms with E-state index < -0.39 is 0 Å². The van der Waals surface area contributed by atoms with Crippen molar-refractivity contribution in [1.82, 2.24) is 0 Å². The fraction of sp³-hybridized carbons (Fsp3) is 0.0714. The Morgan fingerprint density at radius 2 is 1.88 bits per heavy atom. The van der Waals surface area contributed by atoms with Crippen LogP contribution in [-0.4, -0.2) is 10.9 Å². The van der Waals surface area contributed by atoms with Crippen molar-refractivity contribution in [2.75, 3.05) is 0 Å². The number of carbonyl (C=O) groups excluding carboxylic acids is 1. The van der Waals surface area contributed by atoms with Crippen LogP contribution in [0.15, 0.2) is 52.6 Å². The van der Waals surface area contributed by atoms with Crippen LogP contribution in [0.2, 0.25) is 0 Å². The van der Waals surface area contributed by atoms with Crippen LogP contribution < -0.4 is 0 Å². The highest BCUT2D eigenvalue weighted by Crippen LogP contribution is 2.22. The molecule has 0 atom stereocenters. The summed E-state index contributed by atoms with van der Waals surface area (Å²) in [5, 5.41) is 9.31. The number of benzene rings is 1. The van der Waals surface area contributed by atoms with E-state index in [9.17, 15) is 9.90 Å². The van der Waals surface area contributed by atoms with E-state index in [4.69, 9.17) is 4.42 Å². The van der Waals surface area contributed by atoms with Crippen LogP contribution in [0.5, 0.6) is 0 Å². The summed E-state index contributed by atoms with van der Waals surface area (Å²) in [4.78, 5) is 10.9. The molecule has 0 aliphatic rings. The number of furan rings is 1. The van der Waals surface area contributed by atoms with E-state index in [1.54, 1.807) is 12.1 Å². The number of rotatable bonds is 3. The number of allylic oxidation sites excluding steroid dienone is 1. The van der Waals surface area contributed by atoms with E-state index in [-0.39, 0.29) is 11.5 Å². The molecular formula is C14H12O3. The number of aliphatic hydroxyl groups is 1. The quantitative estimate of drug-likeness (QED) is 0.646. The molecule has 17 heavy (non-hydrogen) atoms. The van der Waals surface area contributed by atoms with Gasteiger partial charge in [-0.3, -0.25) is 4.79 Å². The topological polar surface area (TPSA) is 50.4 Å². The molecule has 1 N–H and O–H groups in total. The molecule has 0 saturated heterocycles. The molecular weight excluding hydrogens is 216 g/mol. The van der Waals surface area contributed by atoms with Crippen molar-refractivity contribution in [2.24, 2.45) is 0 Å². The monoisotopic (exact) mass is 228 g/mol. The Kier molecular flexibility index (Phi) is 3.10. The fourth-order valence-electron chi connectivity index (χ4n) is 1.42. The second-order valence-corrected chi connectivity index (χ2v) is 3.65. The zero-order chi connectivity index (χ0) is 12.3. The van der Waals surface area contributed by atoms with Crippen molar-refractivity contribution in [3.8, 4) is 11.3 Å². The van der Waals surface area contributed by atoms with Gasteiger partial charge in [0.25, 0.3) is 0 Å². The average molecular weight is 228 g/mol. The lowest BCUT2D eigenvalue weighted by molar-refractivity contribution is -0.115. The molecule has 0 aliphatic carbocycles. The Morgan fingerprint density at radius 3 is 2.53 bits per heavy atom. The standard InChI is InChI=1S/C14H12O3/c1-10(15)13(16)9-12-7-8-14(17-12)11-5-3-2-4-6-11/h2-9,16H,1H3/b13-9-. The normalized spacial score (nSPS) is 11.5. The summed E-state index contributed by atoms with van der Waals surface area (Å²) >= 11 is 0. The maximum absolute atomic E-state index is 10.9. The minimum Gasteiger partial charge on any atom is -0.504 e. The van der Waals surface area contributed by atoms with Crippen LogP contribution in [0.4, 0.5) is 0 Å². The van der Waals surface area contributed by atoms with E-state index in [0.29, 0.717) is 11.5 Å². The van der Waals surface area contributed by atoms with Crippen LogP contribution in [-0.2, 0) is 4.79 Å². The van der Waals surface area contributed by atoms with Gasteiger partial charge in [-0.2, -0.15) is 0 Å². The number of hydrogen-bond donors (Lipinski definition) is 1. The van der Waals surface area contributed by atoms with Gasteiger partial charge in [-0.15, -0.1) is 0 Å². The van der Waals surface area contributed by atoms with Gasteiger partial charge in [-0.25, -0.2) is 0 Å². The molecule has 1 heterocycles. The minimum absolute atomic E-state index is 0.307. The molecule has 0 radical (unpaired) electrons. The zero-order valence-electron chi connectivity index (χ0n) is 9.38. The highest BCUT2D eigenvalue weighted by molar-refractivity contribution is 5.94. The molecule has 0 bridgehead atoms. The largest absolute Gasteiger partial charge is 0.504 e. The summed E-state index contributed by atoms with van der Waals surface area (Å²) in [7, 11) is 0. The first-order valence-electron chi connectivity index (χ1n) is 5.23. The van der Waals surface area contributed by atoms with Crippen LogP contribution in [0, 0.1) is 0 Å². The summed E-state index contributed by atoms with van der Waals surface area (Å²) in [5.74, 6) is 0.464. The first-order valence-corrected chi connectivity index (χ1v) is 5.23. The second kappa shape index (κ2) is 4.70. The van der Waals surface area contributed by atoms with E-state index in [2.05, 4.69) is 0 Å². The Morgan fingerprint density at radius 1 is 1.18 bits per heavy atom. The summed E-state index contributed by atoms with van der Waals surface area (Å²) < 4.78 is 5.50. The van der Waals surface area contributed by atoms with Gasteiger partial charge in [0.05, 0.1) is 0 Å². The molecule has 0 unspecified atom stereocenters. The van der Waals surface area contributed by atoms with Crippen LogP contribution in [0.3, 0.4) is 0 Å². The Bertz CT molecular complexity index is 550. The summed E-state index contributed by atoms with van der Waals surface area (Å²) in [5.41, 5.74) is 0.953. The predicted molar refractivity (Wildman–Crippen MR) is 65.4 cm³/mol. The van der Waals surface area contributed by atoms with Crippen molar-refractivity contribution < 1.29 is 14.3 Å². The van der Waals surface area contributed by atoms with Gasteiger partial charge in [0, 0.05) is 18.6 Å². The lowest BCUT2D eigenvalue weighted by Gasteiger charge is -1.95. The number of hydrogen-bond acceptors (Lipinski definition) is 3. The van der Waals surface area contributed by atoms with Gasteiger partial charge < -0.3 is 9.52 Å². The summed E-state index contributed by atoms with van der Waals surface area (Å²) in [6.07, 6.45) is 1.31. The molecule has 86 valence electrons. The minimum atomic E-state index is -0.386. The van der Waals surface area contributed by atoms with Crippen molar-refractivity contribution >= 4 is 11.9 Å². The van der Waals surface area contributed by atoms with Gasteiger partial charge in [0.1, 0.15) is 11.5 Å². The molecule has 1 aromatic carbocycles. The maximum atomic E-state index is 10.9. The highest BCUT2D eigenvalue weighted by Gasteiger charge is 2.05. The second-order valence-electron chi connectivity index (χ2n) is 3.65. The fourth-order valence-corrected chi connectivity index (χ4v) is 1.42. The predicted octanol–water partition coefficient (Wildman–Crippen LogP) is 3.43. The lowest BCUT2D eigenvalue weighted by Crippen LogP contribution is -1.93. The third-order valence-corrected chi connectivity index (χ3v) is 2.32. The number of Topliss-reactive ketones (excluding diaryl/α,β-unsaturated/α-hetero) is 1. The molecule has 1 aromatic heterocycles. The van der Waals surface area contributed by atoms with Crippen LogP contribution in [0.1, 0.15) is 12.7 Å². The van der Waals surface area contributed by atoms with E-state index in [1.165, 1.54) is 13.0 Å². The van der Waals surface area contributed by atoms with Gasteiger partial charge >= 0.3 is 0 Å². The van der Waals surface area contributed by atoms with E-state index in [1.807, 2.05) is 30.3 Å². The van der Waals surface area contributed by atoms with Gasteiger partial charge in [0.2, 0.25) is 0 Å². The van der Waals surface area contributed by atoms with E-state index >= 15 is 0 Å². The van der Waals surface area contributed by atoms with Crippen molar-refractivity contribution in [3.63, 3.8) is 0 Å². The molecule has 0 aliphatic heterocycles. The van der Waals surface area contributed by atoms with E-state index in [0.717, 1.165) is 5.56 Å².